The van der Waals surface area contributed by atoms with Crippen molar-refractivity contribution >= 4 is 10.2 Å². The van der Waals surface area contributed by atoms with Crippen molar-refractivity contribution in [2.75, 3.05) is 26.2 Å². The molecule has 2 aliphatic heterocycles. The lowest BCUT2D eigenvalue weighted by atomic mass is 9.94. The average Bonchev–Trinajstić information content (AvgIpc) is 2.26. The quantitative estimate of drug-likeness (QED) is 0.821. The molecular formula is C13H27N3O2S. The molecule has 0 bridgehead atoms. The fourth-order valence-corrected chi connectivity index (χ4v) is 5.71. The van der Waals surface area contributed by atoms with E-state index >= 15 is 0 Å². The second kappa shape index (κ2) is 5.68. The second-order valence-electron chi connectivity index (χ2n) is 6.46. The van der Waals surface area contributed by atoms with Crippen molar-refractivity contribution < 1.29 is 8.42 Å². The van der Waals surface area contributed by atoms with Gasteiger partial charge in [0.25, 0.3) is 10.2 Å². The highest BCUT2D eigenvalue weighted by atomic mass is 32.2. The third-order valence-corrected chi connectivity index (χ3v) is 6.38. The third kappa shape index (κ3) is 3.12. The lowest BCUT2D eigenvalue weighted by Crippen LogP contribution is -2.61. The number of piperazine rings is 1. The Kier molecular flexibility index (Phi) is 4.55. The van der Waals surface area contributed by atoms with Crippen molar-refractivity contribution in [2.45, 2.75) is 46.2 Å². The summed E-state index contributed by atoms with van der Waals surface area (Å²) in [5.74, 6) is 0.902. The molecule has 19 heavy (non-hydrogen) atoms. The number of rotatable bonds is 2. The van der Waals surface area contributed by atoms with Crippen LogP contribution < -0.4 is 5.32 Å². The number of piperidine rings is 1. The molecule has 0 aromatic heterocycles. The molecule has 4 atom stereocenters. The van der Waals surface area contributed by atoms with E-state index in [-0.39, 0.29) is 12.1 Å². The molecule has 0 aromatic rings. The molecule has 1 N–H and O–H groups in total. The molecular weight excluding hydrogens is 262 g/mol. The SMILES string of the molecule is CC1CC(C)CN(S(=O)(=O)N2C(C)CNCC2C)C1. The molecule has 2 aliphatic rings. The summed E-state index contributed by atoms with van der Waals surface area (Å²) < 4.78 is 29.2. The number of hydrogen-bond donors (Lipinski definition) is 1. The van der Waals surface area contributed by atoms with Crippen LogP contribution in [0.25, 0.3) is 0 Å². The van der Waals surface area contributed by atoms with Crippen LogP contribution in [0.1, 0.15) is 34.1 Å². The first-order valence-electron chi connectivity index (χ1n) is 7.31. The molecule has 4 unspecified atom stereocenters. The molecule has 0 aliphatic carbocycles. The van der Waals surface area contributed by atoms with E-state index in [0.29, 0.717) is 24.9 Å². The summed E-state index contributed by atoms with van der Waals surface area (Å²) in [7, 11) is -3.32. The van der Waals surface area contributed by atoms with Crippen LogP contribution in [0.3, 0.4) is 0 Å². The highest BCUT2D eigenvalue weighted by molar-refractivity contribution is 7.86. The largest absolute Gasteiger partial charge is 0.314 e. The minimum Gasteiger partial charge on any atom is -0.314 e. The van der Waals surface area contributed by atoms with Crippen LogP contribution in [-0.2, 0) is 10.2 Å². The molecule has 6 heteroatoms. The highest BCUT2D eigenvalue weighted by Crippen LogP contribution is 2.27. The van der Waals surface area contributed by atoms with Gasteiger partial charge in [0, 0.05) is 38.3 Å². The van der Waals surface area contributed by atoms with Crippen LogP contribution in [0.15, 0.2) is 0 Å². The van der Waals surface area contributed by atoms with Crippen LogP contribution in [-0.4, -0.2) is 55.3 Å². The van der Waals surface area contributed by atoms with E-state index in [4.69, 9.17) is 0 Å². The van der Waals surface area contributed by atoms with Gasteiger partial charge < -0.3 is 5.32 Å². The molecule has 112 valence electrons. The molecule has 2 saturated heterocycles. The van der Waals surface area contributed by atoms with E-state index < -0.39 is 10.2 Å². The molecule has 5 nitrogen and oxygen atoms in total. The first-order chi connectivity index (χ1) is 8.82. The molecule has 0 spiro atoms. The maximum Gasteiger partial charge on any atom is 0.282 e. The van der Waals surface area contributed by atoms with Gasteiger partial charge >= 0.3 is 0 Å². The molecule has 0 radical (unpaired) electrons. The molecule has 0 amide bonds. The summed E-state index contributed by atoms with van der Waals surface area (Å²) in [4.78, 5) is 0. The Hall–Kier alpha value is -0.170. The fourth-order valence-electron chi connectivity index (χ4n) is 3.50. The van der Waals surface area contributed by atoms with Crippen LogP contribution >= 0.6 is 0 Å². The predicted molar refractivity (Wildman–Crippen MR) is 77.1 cm³/mol. The Bertz CT molecular complexity index is 392. The summed E-state index contributed by atoms with van der Waals surface area (Å²) in [5, 5.41) is 3.28. The smallest absolute Gasteiger partial charge is 0.282 e. The summed E-state index contributed by atoms with van der Waals surface area (Å²) in [5.41, 5.74) is 0. The maximum atomic E-state index is 12.9. The van der Waals surface area contributed by atoms with Gasteiger partial charge in [-0.2, -0.15) is 17.0 Å². The van der Waals surface area contributed by atoms with Gasteiger partial charge in [-0.05, 0) is 32.1 Å². The number of nitrogens with zero attached hydrogens (tertiary/aromatic N) is 2. The van der Waals surface area contributed by atoms with Gasteiger partial charge in [0.2, 0.25) is 0 Å². The molecule has 2 fully saturated rings. The van der Waals surface area contributed by atoms with Gasteiger partial charge in [-0.15, -0.1) is 0 Å². The van der Waals surface area contributed by atoms with E-state index in [2.05, 4.69) is 19.2 Å². The van der Waals surface area contributed by atoms with Gasteiger partial charge in [0.15, 0.2) is 0 Å². The Morgan fingerprint density at radius 1 is 0.947 bits per heavy atom. The first-order valence-corrected chi connectivity index (χ1v) is 8.71. The minimum absolute atomic E-state index is 0.0290. The zero-order valence-corrected chi connectivity index (χ0v) is 13.3. The van der Waals surface area contributed by atoms with Crippen molar-refractivity contribution in [1.29, 1.82) is 0 Å². The standard InChI is InChI=1S/C13H27N3O2S/c1-10-5-11(2)9-15(8-10)19(17,18)16-12(3)6-14-7-13(16)4/h10-14H,5-9H2,1-4H3. The fraction of sp³-hybridized carbons (Fsp3) is 1.00. The average molecular weight is 289 g/mol. The minimum atomic E-state index is -3.32. The van der Waals surface area contributed by atoms with Crippen molar-refractivity contribution in [3.63, 3.8) is 0 Å². The molecule has 2 rings (SSSR count). The zero-order valence-electron chi connectivity index (χ0n) is 12.5. The van der Waals surface area contributed by atoms with Crippen LogP contribution in [0.2, 0.25) is 0 Å². The Labute approximate surface area is 117 Å². The van der Waals surface area contributed by atoms with Gasteiger partial charge in [-0.1, -0.05) is 13.8 Å². The summed E-state index contributed by atoms with van der Waals surface area (Å²) in [6.07, 6.45) is 1.12. The van der Waals surface area contributed by atoms with Crippen LogP contribution in [0.5, 0.6) is 0 Å². The number of hydrogen-bond acceptors (Lipinski definition) is 3. The Balaban J connectivity index is 2.20. The zero-order chi connectivity index (χ0) is 14.2. The van der Waals surface area contributed by atoms with E-state index in [1.165, 1.54) is 0 Å². The van der Waals surface area contributed by atoms with Crippen LogP contribution in [0, 0.1) is 11.8 Å². The summed E-state index contributed by atoms with van der Waals surface area (Å²) >= 11 is 0. The predicted octanol–water partition coefficient (Wildman–Crippen LogP) is 0.891. The van der Waals surface area contributed by atoms with Gasteiger partial charge in [-0.3, -0.25) is 0 Å². The van der Waals surface area contributed by atoms with Crippen molar-refractivity contribution in [3.8, 4) is 0 Å². The topological polar surface area (TPSA) is 52.7 Å². The third-order valence-electron chi connectivity index (χ3n) is 4.18. The monoisotopic (exact) mass is 289 g/mol. The van der Waals surface area contributed by atoms with Crippen molar-refractivity contribution in [3.05, 3.63) is 0 Å². The van der Waals surface area contributed by atoms with Crippen LogP contribution in [0.4, 0.5) is 0 Å². The first kappa shape index (κ1) is 15.2. The Morgan fingerprint density at radius 3 is 1.89 bits per heavy atom. The number of nitrogens with one attached hydrogen (secondary N) is 1. The van der Waals surface area contributed by atoms with Crippen molar-refractivity contribution in [1.82, 2.24) is 13.9 Å². The van der Waals surface area contributed by atoms with E-state index in [1.807, 2.05) is 13.8 Å². The molecule has 2 heterocycles. The lowest BCUT2D eigenvalue weighted by Gasteiger charge is -2.43. The lowest BCUT2D eigenvalue weighted by molar-refractivity contribution is 0.171. The van der Waals surface area contributed by atoms with Crippen molar-refractivity contribution in [2.24, 2.45) is 11.8 Å². The Morgan fingerprint density at radius 2 is 1.42 bits per heavy atom. The van der Waals surface area contributed by atoms with E-state index in [0.717, 1.165) is 19.5 Å². The molecule has 0 aromatic carbocycles. The summed E-state index contributed by atoms with van der Waals surface area (Å²) in [6, 6.07) is 0.0579. The molecule has 0 saturated carbocycles. The highest BCUT2D eigenvalue weighted by Gasteiger charge is 2.40. The van der Waals surface area contributed by atoms with E-state index in [1.54, 1.807) is 8.61 Å². The maximum absolute atomic E-state index is 12.9. The normalized spacial score (nSPS) is 39.4. The van der Waals surface area contributed by atoms with Gasteiger partial charge in [-0.25, -0.2) is 0 Å². The van der Waals surface area contributed by atoms with Gasteiger partial charge in [0.1, 0.15) is 0 Å². The summed E-state index contributed by atoms with van der Waals surface area (Å²) in [6.45, 7) is 11.1. The second-order valence-corrected chi connectivity index (χ2v) is 8.29. The van der Waals surface area contributed by atoms with Gasteiger partial charge in [0.05, 0.1) is 0 Å². The van der Waals surface area contributed by atoms with E-state index in [9.17, 15) is 8.42 Å².